The van der Waals surface area contributed by atoms with Gasteiger partial charge in [0.25, 0.3) is 5.91 Å². The number of hydrogen-bond acceptors (Lipinski definition) is 3. The highest BCUT2D eigenvalue weighted by molar-refractivity contribution is 5.90. The van der Waals surface area contributed by atoms with Crippen LogP contribution in [0.25, 0.3) is 0 Å². The van der Waals surface area contributed by atoms with Crippen molar-refractivity contribution in [2.45, 2.75) is 13.5 Å². The molecule has 0 bridgehead atoms. The molecule has 1 amide bonds. The first-order chi connectivity index (χ1) is 8.18. The fraction of sp³-hybridized carbons (Fsp3) is 0.250. The first-order valence-corrected chi connectivity index (χ1v) is 5.33. The Kier molecular flexibility index (Phi) is 3.18. The molecule has 0 saturated heterocycles. The van der Waals surface area contributed by atoms with E-state index in [1.165, 1.54) is 0 Å². The van der Waals surface area contributed by atoms with Crippen molar-refractivity contribution >= 4 is 5.91 Å². The zero-order valence-electron chi connectivity index (χ0n) is 9.84. The Morgan fingerprint density at radius 1 is 1.47 bits per heavy atom. The standard InChI is InChI=1S/C12H14N4O/c1-9-7-13-4-3-10(9)8-15-12(17)11-14-5-6-16(11)2/h3-7H,8H2,1-2H3,(H,15,17). The first-order valence-electron chi connectivity index (χ1n) is 5.33. The summed E-state index contributed by atoms with van der Waals surface area (Å²) in [6.07, 6.45) is 6.84. The van der Waals surface area contributed by atoms with Crippen LogP contribution >= 0.6 is 0 Å². The van der Waals surface area contributed by atoms with Crippen LogP contribution < -0.4 is 5.32 Å². The zero-order valence-corrected chi connectivity index (χ0v) is 9.84. The van der Waals surface area contributed by atoms with Gasteiger partial charge in [0, 0.05) is 38.4 Å². The van der Waals surface area contributed by atoms with Crippen molar-refractivity contribution in [1.82, 2.24) is 19.9 Å². The lowest BCUT2D eigenvalue weighted by atomic mass is 10.1. The number of amides is 1. The summed E-state index contributed by atoms with van der Waals surface area (Å²) in [5.41, 5.74) is 2.12. The number of aryl methyl sites for hydroxylation is 2. The molecule has 0 spiro atoms. The van der Waals surface area contributed by atoms with Gasteiger partial charge in [0.2, 0.25) is 0 Å². The maximum absolute atomic E-state index is 11.8. The second kappa shape index (κ2) is 4.78. The summed E-state index contributed by atoms with van der Waals surface area (Å²) >= 11 is 0. The number of rotatable bonds is 3. The monoisotopic (exact) mass is 230 g/mol. The van der Waals surface area contributed by atoms with Crippen molar-refractivity contribution in [3.63, 3.8) is 0 Å². The Labute approximate surface area is 99.5 Å². The number of nitrogens with zero attached hydrogens (tertiary/aromatic N) is 3. The predicted octanol–water partition coefficient (Wildman–Crippen LogP) is 1.05. The lowest BCUT2D eigenvalue weighted by molar-refractivity contribution is 0.0937. The van der Waals surface area contributed by atoms with Gasteiger partial charge in [-0.25, -0.2) is 4.98 Å². The van der Waals surface area contributed by atoms with E-state index in [-0.39, 0.29) is 5.91 Å². The quantitative estimate of drug-likeness (QED) is 0.857. The normalized spacial score (nSPS) is 10.2. The fourth-order valence-electron chi connectivity index (χ4n) is 1.54. The van der Waals surface area contributed by atoms with Crippen LogP contribution in [0.2, 0.25) is 0 Å². The molecular formula is C12H14N4O. The highest BCUT2D eigenvalue weighted by atomic mass is 16.2. The molecule has 2 aromatic rings. The van der Waals surface area contributed by atoms with E-state index in [0.29, 0.717) is 12.4 Å². The van der Waals surface area contributed by atoms with Gasteiger partial charge in [-0.1, -0.05) is 0 Å². The number of pyridine rings is 1. The van der Waals surface area contributed by atoms with E-state index in [4.69, 9.17) is 0 Å². The first kappa shape index (κ1) is 11.3. The predicted molar refractivity (Wildman–Crippen MR) is 63.4 cm³/mol. The van der Waals surface area contributed by atoms with E-state index in [1.807, 2.05) is 13.0 Å². The molecule has 2 rings (SSSR count). The molecule has 0 radical (unpaired) electrons. The van der Waals surface area contributed by atoms with Crippen LogP contribution in [0.15, 0.2) is 30.9 Å². The van der Waals surface area contributed by atoms with Crippen LogP contribution in [0.1, 0.15) is 21.7 Å². The van der Waals surface area contributed by atoms with Gasteiger partial charge < -0.3 is 9.88 Å². The SMILES string of the molecule is Cc1cnccc1CNC(=O)c1nccn1C. The average Bonchev–Trinajstić information content (AvgIpc) is 2.74. The Balaban J connectivity index is 2.02. The van der Waals surface area contributed by atoms with Crippen molar-refractivity contribution in [2.24, 2.45) is 7.05 Å². The summed E-state index contributed by atoms with van der Waals surface area (Å²) < 4.78 is 1.69. The van der Waals surface area contributed by atoms with Crippen LogP contribution in [0, 0.1) is 6.92 Å². The summed E-state index contributed by atoms with van der Waals surface area (Å²) in [6.45, 7) is 2.45. The Morgan fingerprint density at radius 2 is 2.29 bits per heavy atom. The van der Waals surface area contributed by atoms with Gasteiger partial charge in [0.1, 0.15) is 0 Å². The Hall–Kier alpha value is -2.17. The second-order valence-electron chi connectivity index (χ2n) is 3.85. The van der Waals surface area contributed by atoms with E-state index in [2.05, 4.69) is 15.3 Å². The van der Waals surface area contributed by atoms with Gasteiger partial charge in [-0.15, -0.1) is 0 Å². The molecule has 0 aliphatic heterocycles. The topological polar surface area (TPSA) is 59.8 Å². The van der Waals surface area contributed by atoms with Gasteiger partial charge in [0.15, 0.2) is 5.82 Å². The van der Waals surface area contributed by atoms with Crippen LogP contribution in [-0.4, -0.2) is 20.4 Å². The van der Waals surface area contributed by atoms with Gasteiger partial charge in [-0.2, -0.15) is 0 Å². The molecular weight excluding hydrogens is 216 g/mol. The molecule has 0 aromatic carbocycles. The summed E-state index contributed by atoms with van der Waals surface area (Å²) in [5.74, 6) is 0.241. The molecule has 0 aliphatic rings. The minimum absolute atomic E-state index is 0.172. The number of hydrogen-bond donors (Lipinski definition) is 1. The summed E-state index contributed by atoms with van der Waals surface area (Å²) in [6, 6.07) is 1.90. The molecule has 88 valence electrons. The highest BCUT2D eigenvalue weighted by Crippen LogP contribution is 2.04. The third-order valence-electron chi connectivity index (χ3n) is 2.60. The smallest absolute Gasteiger partial charge is 0.287 e. The van der Waals surface area contributed by atoms with Gasteiger partial charge in [-0.05, 0) is 24.1 Å². The number of aromatic nitrogens is 3. The fourth-order valence-corrected chi connectivity index (χ4v) is 1.54. The summed E-state index contributed by atoms with van der Waals surface area (Å²) in [7, 11) is 1.79. The average molecular weight is 230 g/mol. The molecule has 5 heteroatoms. The molecule has 1 N–H and O–H groups in total. The molecule has 0 fully saturated rings. The molecule has 2 heterocycles. The van der Waals surface area contributed by atoms with Crippen molar-refractivity contribution in [3.8, 4) is 0 Å². The van der Waals surface area contributed by atoms with Crippen molar-refractivity contribution in [1.29, 1.82) is 0 Å². The lowest BCUT2D eigenvalue weighted by Crippen LogP contribution is -2.26. The van der Waals surface area contributed by atoms with Crippen LogP contribution in [-0.2, 0) is 13.6 Å². The van der Waals surface area contributed by atoms with Gasteiger partial charge in [0.05, 0.1) is 0 Å². The number of carbonyl (C=O) groups is 1. The van der Waals surface area contributed by atoms with E-state index in [0.717, 1.165) is 11.1 Å². The third kappa shape index (κ3) is 2.50. The van der Waals surface area contributed by atoms with Gasteiger partial charge >= 0.3 is 0 Å². The van der Waals surface area contributed by atoms with Crippen LogP contribution in [0.3, 0.4) is 0 Å². The van der Waals surface area contributed by atoms with E-state index >= 15 is 0 Å². The number of imidazole rings is 1. The maximum Gasteiger partial charge on any atom is 0.287 e. The van der Waals surface area contributed by atoms with Crippen LogP contribution in [0.5, 0.6) is 0 Å². The van der Waals surface area contributed by atoms with Gasteiger partial charge in [-0.3, -0.25) is 9.78 Å². The molecule has 17 heavy (non-hydrogen) atoms. The third-order valence-corrected chi connectivity index (χ3v) is 2.60. The van der Waals surface area contributed by atoms with Crippen molar-refractivity contribution in [2.75, 3.05) is 0 Å². The zero-order chi connectivity index (χ0) is 12.3. The van der Waals surface area contributed by atoms with Crippen LogP contribution in [0.4, 0.5) is 0 Å². The molecule has 5 nitrogen and oxygen atoms in total. The Bertz CT molecular complexity index is 533. The molecule has 2 aromatic heterocycles. The molecule has 0 saturated carbocycles. The minimum Gasteiger partial charge on any atom is -0.345 e. The summed E-state index contributed by atoms with van der Waals surface area (Å²) in [5, 5.41) is 2.83. The highest BCUT2D eigenvalue weighted by Gasteiger charge is 2.10. The van der Waals surface area contributed by atoms with Crippen molar-refractivity contribution in [3.05, 3.63) is 47.8 Å². The largest absolute Gasteiger partial charge is 0.345 e. The number of carbonyl (C=O) groups excluding carboxylic acids is 1. The molecule has 0 aliphatic carbocycles. The Morgan fingerprint density at radius 3 is 2.94 bits per heavy atom. The van der Waals surface area contributed by atoms with E-state index in [9.17, 15) is 4.79 Å². The van der Waals surface area contributed by atoms with E-state index < -0.39 is 0 Å². The molecule has 0 unspecified atom stereocenters. The van der Waals surface area contributed by atoms with E-state index in [1.54, 1.807) is 36.4 Å². The summed E-state index contributed by atoms with van der Waals surface area (Å²) in [4.78, 5) is 19.8. The number of nitrogens with one attached hydrogen (secondary N) is 1. The second-order valence-corrected chi connectivity index (χ2v) is 3.85. The minimum atomic E-state index is -0.172. The lowest BCUT2D eigenvalue weighted by Gasteiger charge is -2.07. The van der Waals surface area contributed by atoms with Crippen molar-refractivity contribution < 1.29 is 4.79 Å². The molecule has 0 atom stereocenters. The maximum atomic E-state index is 11.8.